The van der Waals surface area contributed by atoms with Gasteiger partial charge in [-0.05, 0) is 29.6 Å². The maximum atomic E-state index is 2.43. The van der Waals surface area contributed by atoms with Gasteiger partial charge in [0.25, 0.3) is 0 Å². The summed E-state index contributed by atoms with van der Waals surface area (Å²) in [5.74, 6) is 2.88. The van der Waals surface area contributed by atoms with Crippen LogP contribution in [-0.2, 0) is 0 Å². The molecule has 0 aromatic rings. The van der Waals surface area contributed by atoms with Crippen molar-refractivity contribution in [1.82, 2.24) is 0 Å². The average molecular weight is 154 g/mol. The lowest BCUT2D eigenvalue weighted by molar-refractivity contribution is -0.0813. The monoisotopic (exact) mass is 154 g/mol. The van der Waals surface area contributed by atoms with E-state index < -0.39 is 0 Å². The fourth-order valence-corrected chi connectivity index (χ4v) is 2.87. The molecule has 1 rings (SSSR count). The topological polar surface area (TPSA) is 0 Å². The van der Waals surface area contributed by atoms with Gasteiger partial charge in [-0.25, -0.2) is 0 Å². The van der Waals surface area contributed by atoms with Crippen LogP contribution < -0.4 is 0 Å². The predicted octanol–water partition coefficient (Wildman–Crippen LogP) is 3.71. The molecule has 0 saturated heterocycles. The number of rotatable bonds is 2. The van der Waals surface area contributed by atoms with E-state index >= 15 is 0 Å². The summed E-state index contributed by atoms with van der Waals surface area (Å²) in [6, 6.07) is 0. The van der Waals surface area contributed by atoms with Crippen molar-refractivity contribution in [2.24, 2.45) is 23.2 Å². The van der Waals surface area contributed by atoms with Crippen LogP contribution in [0.5, 0.6) is 0 Å². The summed E-state index contributed by atoms with van der Waals surface area (Å²) in [6.07, 6.45) is 2.78. The standard InChI is InChI=1S/C11H22/c1-6-7-10-8(2)9(3)11(10,4)5/h8-10H,6-7H2,1-5H3. The van der Waals surface area contributed by atoms with Gasteiger partial charge in [0, 0.05) is 0 Å². The van der Waals surface area contributed by atoms with Crippen LogP contribution in [0.15, 0.2) is 0 Å². The molecule has 0 heteroatoms. The van der Waals surface area contributed by atoms with Crippen LogP contribution in [0, 0.1) is 23.2 Å². The van der Waals surface area contributed by atoms with Crippen LogP contribution in [0.25, 0.3) is 0 Å². The summed E-state index contributed by atoms with van der Waals surface area (Å²) >= 11 is 0. The van der Waals surface area contributed by atoms with E-state index in [2.05, 4.69) is 34.6 Å². The summed E-state index contributed by atoms with van der Waals surface area (Å²) in [5.41, 5.74) is 0.620. The molecule has 66 valence electrons. The second-order valence-electron chi connectivity index (χ2n) is 4.86. The molecule has 3 atom stereocenters. The first-order valence-corrected chi connectivity index (χ1v) is 5.01. The van der Waals surface area contributed by atoms with E-state index in [9.17, 15) is 0 Å². The fraction of sp³-hybridized carbons (Fsp3) is 1.00. The second kappa shape index (κ2) is 2.80. The molecule has 0 radical (unpaired) electrons. The lowest BCUT2D eigenvalue weighted by Gasteiger charge is -2.57. The highest BCUT2D eigenvalue weighted by Crippen LogP contribution is 2.56. The lowest BCUT2D eigenvalue weighted by Crippen LogP contribution is -2.50. The SMILES string of the molecule is CCCC1C(C)C(C)C1(C)C. The molecule has 0 aliphatic heterocycles. The van der Waals surface area contributed by atoms with Gasteiger partial charge in [-0.2, -0.15) is 0 Å². The minimum atomic E-state index is 0.620. The van der Waals surface area contributed by atoms with Gasteiger partial charge in [-0.15, -0.1) is 0 Å². The molecule has 0 heterocycles. The second-order valence-corrected chi connectivity index (χ2v) is 4.86. The zero-order valence-electron chi connectivity index (χ0n) is 8.65. The Morgan fingerprint density at radius 3 is 2.09 bits per heavy atom. The van der Waals surface area contributed by atoms with E-state index in [4.69, 9.17) is 0 Å². The van der Waals surface area contributed by atoms with Crippen molar-refractivity contribution in [3.63, 3.8) is 0 Å². The Balaban J connectivity index is 2.54. The van der Waals surface area contributed by atoms with Gasteiger partial charge in [-0.1, -0.05) is 41.0 Å². The Morgan fingerprint density at radius 1 is 1.18 bits per heavy atom. The third-order valence-electron chi connectivity index (χ3n) is 4.15. The normalized spacial score (nSPS) is 41.7. The maximum absolute atomic E-state index is 2.43. The zero-order chi connectivity index (χ0) is 8.65. The van der Waals surface area contributed by atoms with Crippen LogP contribution in [0.4, 0.5) is 0 Å². The Hall–Kier alpha value is 0. The Kier molecular flexibility index (Phi) is 2.32. The number of hydrogen-bond donors (Lipinski definition) is 0. The maximum Gasteiger partial charge on any atom is -0.0295 e. The molecule has 1 aliphatic rings. The molecule has 1 fully saturated rings. The summed E-state index contributed by atoms with van der Waals surface area (Å²) in [6.45, 7) is 12.0. The molecular formula is C11H22. The van der Waals surface area contributed by atoms with Crippen molar-refractivity contribution in [2.45, 2.75) is 47.5 Å². The quantitative estimate of drug-likeness (QED) is 0.568. The molecule has 0 N–H and O–H groups in total. The van der Waals surface area contributed by atoms with Crippen LogP contribution in [0.2, 0.25) is 0 Å². The highest BCUT2D eigenvalue weighted by Gasteiger charge is 2.50. The molecule has 1 saturated carbocycles. The van der Waals surface area contributed by atoms with E-state index in [-0.39, 0.29) is 0 Å². The van der Waals surface area contributed by atoms with Crippen molar-refractivity contribution in [3.8, 4) is 0 Å². The lowest BCUT2D eigenvalue weighted by atomic mass is 9.48. The first-order chi connectivity index (χ1) is 5.01. The fourth-order valence-electron chi connectivity index (χ4n) is 2.87. The predicted molar refractivity (Wildman–Crippen MR) is 50.5 cm³/mol. The summed E-state index contributed by atoms with van der Waals surface area (Å²) < 4.78 is 0. The van der Waals surface area contributed by atoms with Crippen LogP contribution in [0.3, 0.4) is 0 Å². The van der Waals surface area contributed by atoms with Gasteiger partial charge in [0.1, 0.15) is 0 Å². The molecule has 0 nitrogen and oxygen atoms in total. The first-order valence-electron chi connectivity index (χ1n) is 5.01. The Bertz CT molecular complexity index is 135. The highest BCUT2D eigenvalue weighted by molar-refractivity contribution is 4.98. The molecule has 0 bridgehead atoms. The molecule has 0 aromatic heterocycles. The summed E-state index contributed by atoms with van der Waals surface area (Å²) in [4.78, 5) is 0. The minimum absolute atomic E-state index is 0.620. The van der Waals surface area contributed by atoms with Gasteiger partial charge in [0.2, 0.25) is 0 Å². The van der Waals surface area contributed by atoms with Crippen molar-refractivity contribution >= 4 is 0 Å². The molecule has 0 aromatic carbocycles. The van der Waals surface area contributed by atoms with Crippen LogP contribution >= 0.6 is 0 Å². The van der Waals surface area contributed by atoms with Gasteiger partial charge in [0.15, 0.2) is 0 Å². The molecule has 11 heavy (non-hydrogen) atoms. The van der Waals surface area contributed by atoms with Crippen LogP contribution in [0.1, 0.15) is 47.5 Å². The van der Waals surface area contributed by atoms with E-state index in [1.807, 2.05) is 0 Å². The summed E-state index contributed by atoms with van der Waals surface area (Å²) in [5, 5.41) is 0. The van der Waals surface area contributed by atoms with Crippen molar-refractivity contribution in [3.05, 3.63) is 0 Å². The van der Waals surface area contributed by atoms with Crippen molar-refractivity contribution < 1.29 is 0 Å². The molecule has 0 amide bonds. The highest BCUT2D eigenvalue weighted by atomic mass is 14.5. The molecule has 0 spiro atoms. The van der Waals surface area contributed by atoms with Gasteiger partial charge < -0.3 is 0 Å². The average Bonchev–Trinajstić information content (AvgIpc) is 1.98. The third kappa shape index (κ3) is 1.21. The first kappa shape index (κ1) is 9.09. The van der Waals surface area contributed by atoms with E-state index in [1.165, 1.54) is 12.8 Å². The zero-order valence-corrected chi connectivity index (χ0v) is 8.65. The third-order valence-corrected chi connectivity index (χ3v) is 4.15. The van der Waals surface area contributed by atoms with E-state index in [1.54, 1.807) is 0 Å². The van der Waals surface area contributed by atoms with Gasteiger partial charge >= 0.3 is 0 Å². The Labute approximate surface area is 71.4 Å². The van der Waals surface area contributed by atoms with Gasteiger partial charge in [-0.3, -0.25) is 0 Å². The van der Waals surface area contributed by atoms with E-state index in [0.29, 0.717) is 5.41 Å². The van der Waals surface area contributed by atoms with Crippen molar-refractivity contribution in [2.75, 3.05) is 0 Å². The van der Waals surface area contributed by atoms with E-state index in [0.717, 1.165) is 17.8 Å². The van der Waals surface area contributed by atoms with Crippen LogP contribution in [-0.4, -0.2) is 0 Å². The smallest absolute Gasteiger partial charge is 0.0295 e. The summed E-state index contributed by atoms with van der Waals surface area (Å²) in [7, 11) is 0. The molecule has 3 unspecified atom stereocenters. The largest absolute Gasteiger partial charge is 0.0654 e. The minimum Gasteiger partial charge on any atom is -0.0654 e. The molecule has 1 aliphatic carbocycles. The van der Waals surface area contributed by atoms with Gasteiger partial charge in [0.05, 0.1) is 0 Å². The van der Waals surface area contributed by atoms with Crippen molar-refractivity contribution in [1.29, 1.82) is 0 Å². The Morgan fingerprint density at radius 2 is 1.73 bits per heavy atom. The molecular weight excluding hydrogens is 132 g/mol. The number of hydrogen-bond acceptors (Lipinski definition) is 0.